The minimum Gasteiger partial charge on any atom is -0.398 e. The summed E-state index contributed by atoms with van der Waals surface area (Å²) in [7, 11) is 0. The zero-order chi connectivity index (χ0) is 13.2. The second-order valence-corrected chi connectivity index (χ2v) is 4.86. The Bertz CT molecular complexity index is 591. The molecule has 4 nitrogen and oxygen atoms in total. The molecule has 1 aromatic heterocycles. The lowest BCUT2D eigenvalue weighted by Gasteiger charge is -2.29. The summed E-state index contributed by atoms with van der Waals surface area (Å²) < 4.78 is 5.38. The van der Waals surface area contributed by atoms with Gasteiger partial charge in [-0.2, -0.15) is 0 Å². The van der Waals surface area contributed by atoms with Crippen molar-refractivity contribution in [2.75, 3.05) is 36.9 Å². The predicted molar refractivity (Wildman–Crippen MR) is 78.6 cm³/mol. The van der Waals surface area contributed by atoms with Crippen molar-refractivity contribution in [1.82, 2.24) is 4.98 Å². The van der Waals surface area contributed by atoms with Gasteiger partial charge in [-0.25, -0.2) is 0 Å². The molecule has 0 radical (unpaired) electrons. The van der Waals surface area contributed by atoms with Crippen LogP contribution in [-0.4, -0.2) is 31.3 Å². The first kappa shape index (κ1) is 12.2. The first-order valence-corrected chi connectivity index (χ1v) is 6.80. The van der Waals surface area contributed by atoms with Crippen LogP contribution in [-0.2, 0) is 11.2 Å². The van der Waals surface area contributed by atoms with E-state index in [0.29, 0.717) is 0 Å². The monoisotopic (exact) mass is 257 g/mol. The Labute approximate surface area is 113 Å². The van der Waals surface area contributed by atoms with Crippen LogP contribution in [0.3, 0.4) is 0 Å². The first-order valence-electron chi connectivity index (χ1n) is 6.80. The summed E-state index contributed by atoms with van der Waals surface area (Å²) in [4.78, 5) is 6.95. The maximum Gasteiger partial charge on any atom is 0.0727 e. The molecule has 0 amide bonds. The summed E-state index contributed by atoms with van der Waals surface area (Å²) in [6.45, 7) is 5.55. The van der Waals surface area contributed by atoms with Gasteiger partial charge in [0.15, 0.2) is 0 Å². The van der Waals surface area contributed by atoms with Crippen molar-refractivity contribution in [3.8, 4) is 0 Å². The Balaban J connectivity index is 2.02. The Kier molecular flexibility index (Phi) is 3.25. The molecule has 0 atom stereocenters. The highest BCUT2D eigenvalue weighted by Gasteiger charge is 2.12. The normalized spacial score (nSPS) is 15.9. The lowest BCUT2D eigenvalue weighted by molar-refractivity contribution is 0.122. The second kappa shape index (κ2) is 5.05. The van der Waals surface area contributed by atoms with E-state index in [9.17, 15) is 0 Å². The minimum absolute atomic E-state index is 0.792. The van der Waals surface area contributed by atoms with Gasteiger partial charge in [-0.05, 0) is 30.7 Å². The molecule has 4 heteroatoms. The number of morpholine rings is 1. The van der Waals surface area contributed by atoms with Gasteiger partial charge in [-0.1, -0.05) is 6.92 Å². The molecule has 1 saturated heterocycles. The number of aryl methyl sites for hydroxylation is 1. The number of ether oxygens (including phenoxy) is 1. The van der Waals surface area contributed by atoms with E-state index in [-0.39, 0.29) is 0 Å². The third-order valence-corrected chi connectivity index (χ3v) is 3.62. The lowest BCUT2D eigenvalue weighted by atomic mass is 10.1. The highest BCUT2D eigenvalue weighted by Crippen LogP contribution is 2.26. The van der Waals surface area contributed by atoms with E-state index in [1.54, 1.807) is 0 Å². The van der Waals surface area contributed by atoms with Gasteiger partial charge >= 0.3 is 0 Å². The fourth-order valence-electron chi connectivity index (χ4n) is 2.50. The summed E-state index contributed by atoms with van der Waals surface area (Å²) in [6, 6.07) is 8.31. The number of anilines is 2. The van der Waals surface area contributed by atoms with E-state index in [2.05, 4.69) is 35.0 Å². The molecule has 0 aliphatic carbocycles. The number of benzene rings is 1. The average Bonchev–Trinajstić information content (AvgIpc) is 2.47. The predicted octanol–water partition coefficient (Wildman–Crippen LogP) is 2.22. The smallest absolute Gasteiger partial charge is 0.0727 e. The third kappa shape index (κ3) is 2.36. The number of rotatable bonds is 2. The topological polar surface area (TPSA) is 51.4 Å². The molecule has 1 aromatic carbocycles. The molecule has 2 aromatic rings. The number of nitrogens with two attached hydrogens (primary N) is 1. The lowest BCUT2D eigenvalue weighted by Crippen LogP contribution is -2.36. The quantitative estimate of drug-likeness (QED) is 0.896. The van der Waals surface area contributed by atoms with Crippen molar-refractivity contribution in [2.45, 2.75) is 13.3 Å². The van der Waals surface area contributed by atoms with Crippen molar-refractivity contribution in [2.24, 2.45) is 0 Å². The highest BCUT2D eigenvalue weighted by atomic mass is 16.5. The maximum absolute atomic E-state index is 6.15. The van der Waals surface area contributed by atoms with Crippen molar-refractivity contribution in [1.29, 1.82) is 0 Å². The van der Waals surface area contributed by atoms with Crippen LogP contribution in [0.25, 0.3) is 10.9 Å². The van der Waals surface area contributed by atoms with E-state index in [1.165, 1.54) is 5.69 Å². The molecule has 0 saturated carbocycles. The molecule has 1 aliphatic rings. The van der Waals surface area contributed by atoms with Gasteiger partial charge in [0.1, 0.15) is 0 Å². The van der Waals surface area contributed by atoms with Crippen LogP contribution in [0.15, 0.2) is 24.3 Å². The Morgan fingerprint density at radius 2 is 2.05 bits per heavy atom. The zero-order valence-corrected chi connectivity index (χ0v) is 11.2. The van der Waals surface area contributed by atoms with Crippen LogP contribution >= 0.6 is 0 Å². The van der Waals surface area contributed by atoms with E-state index >= 15 is 0 Å². The second-order valence-electron chi connectivity index (χ2n) is 4.86. The number of pyridine rings is 1. The van der Waals surface area contributed by atoms with Crippen LogP contribution < -0.4 is 10.6 Å². The van der Waals surface area contributed by atoms with E-state index in [0.717, 1.165) is 55.0 Å². The van der Waals surface area contributed by atoms with Crippen LogP contribution in [0.4, 0.5) is 11.4 Å². The molecule has 1 fully saturated rings. The molecule has 1 aliphatic heterocycles. The molecule has 0 unspecified atom stereocenters. The fourth-order valence-corrected chi connectivity index (χ4v) is 2.50. The summed E-state index contributed by atoms with van der Waals surface area (Å²) in [5, 5.41) is 1.04. The Morgan fingerprint density at radius 3 is 2.79 bits per heavy atom. The van der Waals surface area contributed by atoms with Gasteiger partial charge in [0, 0.05) is 35.5 Å². The number of hydrogen-bond donors (Lipinski definition) is 1. The molecule has 2 N–H and O–H groups in total. The number of fused-ring (bicyclic) bond motifs is 1. The minimum atomic E-state index is 0.792. The van der Waals surface area contributed by atoms with Crippen LogP contribution in [0, 0.1) is 0 Å². The van der Waals surface area contributed by atoms with Crippen LogP contribution in [0.5, 0.6) is 0 Å². The van der Waals surface area contributed by atoms with Crippen LogP contribution in [0.2, 0.25) is 0 Å². The maximum atomic E-state index is 6.15. The van der Waals surface area contributed by atoms with Gasteiger partial charge in [-0.15, -0.1) is 0 Å². The Morgan fingerprint density at radius 1 is 1.26 bits per heavy atom. The SMILES string of the molecule is CCc1cc(N)c2cc(N3CCOCC3)ccc2n1. The van der Waals surface area contributed by atoms with Crippen molar-refractivity contribution in [3.63, 3.8) is 0 Å². The summed E-state index contributed by atoms with van der Waals surface area (Å²) in [5.74, 6) is 0. The standard InChI is InChI=1S/C15H19N3O/c1-2-11-9-14(16)13-10-12(3-4-15(13)17-11)18-5-7-19-8-6-18/h3-4,9-10H,2,5-8H2,1H3,(H2,16,17). The molecular formula is C15H19N3O. The summed E-state index contributed by atoms with van der Waals surface area (Å²) >= 11 is 0. The Hall–Kier alpha value is -1.81. The van der Waals surface area contributed by atoms with Gasteiger partial charge in [0.2, 0.25) is 0 Å². The molecule has 0 spiro atoms. The third-order valence-electron chi connectivity index (χ3n) is 3.62. The van der Waals surface area contributed by atoms with Gasteiger partial charge < -0.3 is 15.4 Å². The average molecular weight is 257 g/mol. The van der Waals surface area contributed by atoms with E-state index in [1.807, 2.05) is 6.07 Å². The van der Waals surface area contributed by atoms with Crippen molar-refractivity contribution in [3.05, 3.63) is 30.0 Å². The zero-order valence-electron chi connectivity index (χ0n) is 11.2. The summed E-state index contributed by atoms with van der Waals surface area (Å²) in [6.07, 6.45) is 0.908. The number of aromatic nitrogens is 1. The molecule has 0 bridgehead atoms. The molecule has 2 heterocycles. The van der Waals surface area contributed by atoms with Gasteiger partial charge in [0.05, 0.1) is 18.7 Å². The van der Waals surface area contributed by atoms with Crippen molar-refractivity contribution >= 4 is 22.3 Å². The molecule has 19 heavy (non-hydrogen) atoms. The fraction of sp³-hybridized carbons (Fsp3) is 0.400. The van der Waals surface area contributed by atoms with Crippen molar-refractivity contribution < 1.29 is 4.74 Å². The molecular weight excluding hydrogens is 238 g/mol. The number of nitrogen functional groups attached to an aromatic ring is 1. The largest absolute Gasteiger partial charge is 0.398 e. The van der Waals surface area contributed by atoms with Gasteiger partial charge in [0.25, 0.3) is 0 Å². The molecule has 3 rings (SSSR count). The van der Waals surface area contributed by atoms with E-state index in [4.69, 9.17) is 10.5 Å². The van der Waals surface area contributed by atoms with Gasteiger partial charge in [-0.3, -0.25) is 4.98 Å². The first-order chi connectivity index (χ1) is 9.28. The number of nitrogens with zero attached hydrogens (tertiary/aromatic N) is 2. The van der Waals surface area contributed by atoms with Crippen LogP contribution in [0.1, 0.15) is 12.6 Å². The number of hydrogen-bond acceptors (Lipinski definition) is 4. The summed E-state index contributed by atoms with van der Waals surface area (Å²) in [5.41, 5.74) is 10.2. The highest BCUT2D eigenvalue weighted by molar-refractivity contribution is 5.92. The molecule has 100 valence electrons. The van der Waals surface area contributed by atoms with E-state index < -0.39 is 0 Å².